The monoisotopic (exact) mass is 320 g/mol. The second kappa shape index (κ2) is 7.37. The summed E-state index contributed by atoms with van der Waals surface area (Å²) in [6, 6.07) is 4.94. The van der Waals surface area contributed by atoms with Gasteiger partial charge in [0, 0.05) is 11.1 Å². The Kier molecular flexibility index (Phi) is 5.82. The molecule has 0 spiro atoms. The van der Waals surface area contributed by atoms with Gasteiger partial charge in [0.15, 0.2) is 0 Å². The first-order valence-corrected chi connectivity index (χ1v) is 7.72. The van der Waals surface area contributed by atoms with E-state index in [0.717, 1.165) is 0 Å². The van der Waals surface area contributed by atoms with Crippen LogP contribution in [0, 0.1) is 0 Å². The molecule has 1 rings (SSSR count). The summed E-state index contributed by atoms with van der Waals surface area (Å²) in [5.74, 6) is -1.45. The number of hydrogen-bond donors (Lipinski definition) is 2. The minimum Gasteiger partial charge on any atom is -0.366 e. The molecule has 0 saturated carbocycles. The van der Waals surface area contributed by atoms with E-state index in [1.54, 1.807) is 13.0 Å². The van der Waals surface area contributed by atoms with E-state index in [2.05, 4.69) is 6.58 Å². The second-order valence-corrected chi connectivity index (χ2v) is 5.86. The molecule has 0 fully saturated rings. The number of hydrogen-bond acceptors (Lipinski definition) is 4. The van der Waals surface area contributed by atoms with E-state index in [0.29, 0.717) is 0 Å². The average Bonchev–Trinajstić information content (AvgIpc) is 2.46. The molecule has 0 aliphatic rings. The van der Waals surface area contributed by atoms with Crippen LogP contribution >= 0.6 is 0 Å². The first kappa shape index (κ1) is 17.4. The Balaban J connectivity index is 3.04. The van der Waals surface area contributed by atoms with Crippen LogP contribution in [0.15, 0.2) is 65.6 Å². The molecule has 2 amide bonds. The Morgan fingerprint density at radius 3 is 2.27 bits per heavy atom. The van der Waals surface area contributed by atoms with Gasteiger partial charge in [-0.15, -0.1) is 0 Å². The molecule has 0 bridgehead atoms. The number of carbonyl (C=O) groups excluding carboxylic acids is 2. The van der Waals surface area contributed by atoms with Crippen molar-refractivity contribution in [1.82, 2.24) is 4.72 Å². The lowest BCUT2D eigenvalue weighted by atomic mass is 10.2. The molecule has 116 valence electrons. The summed E-state index contributed by atoms with van der Waals surface area (Å²) in [5, 5.41) is 0. The molecular weight excluding hydrogens is 304 g/mol. The Labute approximate surface area is 129 Å². The Morgan fingerprint density at radius 2 is 1.82 bits per heavy atom. The van der Waals surface area contributed by atoms with Gasteiger partial charge in [-0.2, -0.15) is 0 Å². The van der Waals surface area contributed by atoms with Crippen molar-refractivity contribution in [1.29, 1.82) is 0 Å². The summed E-state index contributed by atoms with van der Waals surface area (Å²) in [5.41, 5.74) is 5.40. The van der Waals surface area contributed by atoms with Gasteiger partial charge in [-0.1, -0.05) is 30.9 Å². The van der Waals surface area contributed by atoms with Gasteiger partial charge in [-0.3, -0.25) is 9.59 Å². The van der Waals surface area contributed by atoms with Crippen molar-refractivity contribution in [2.45, 2.75) is 11.8 Å². The quantitative estimate of drug-likeness (QED) is 0.608. The van der Waals surface area contributed by atoms with E-state index in [9.17, 15) is 18.0 Å². The van der Waals surface area contributed by atoms with Crippen LogP contribution in [-0.4, -0.2) is 20.2 Å². The number of carbonyl (C=O) groups is 2. The number of benzene rings is 1. The third-order valence-electron chi connectivity index (χ3n) is 2.58. The molecule has 3 N–H and O–H groups in total. The minimum absolute atomic E-state index is 0.148. The van der Waals surface area contributed by atoms with Crippen molar-refractivity contribution in [3.8, 4) is 0 Å². The highest BCUT2D eigenvalue weighted by atomic mass is 32.2. The highest BCUT2D eigenvalue weighted by molar-refractivity contribution is 7.90. The number of nitrogens with one attached hydrogen (secondary N) is 1. The zero-order valence-electron chi connectivity index (χ0n) is 11.9. The zero-order chi connectivity index (χ0) is 16.8. The molecule has 1 aromatic rings. The Morgan fingerprint density at radius 1 is 1.23 bits per heavy atom. The molecule has 0 unspecified atom stereocenters. The van der Waals surface area contributed by atoms with E-state index >= 15 is 0 Å². The highest BCUT2D eigenvalue weighted by Gasteiger charge is 2.19. The number of allylic oxidation sites excluding steroid dienone is 3. The van der Waals surface area contributed by atoms with Gasteiger partial charge in [-0.05, 0) is 31.2 Å². The van der Waals surface area contributed by atoms with Crippen LogP contribution in [0.2, 0.25) is 0 Å². The van der Waals surface area contributed by atoms with Gasteiger partial charge in [0.1, 0.15) is 0 Å². The van der Waals surface area contributed by atoms with Gasteiger partial charge in [-0.25, -0.2) is 13.1 Å². The van der Waals surface area contributed by atoms with Gasteiger partial charge in [0.05, 0.1) is 4.90 Å². The first-order valence-electron chi connectivity index (χ1n) is 6.24. The smallest absolute Gasteiger partial charge is 0.264 e. The zero-order valence-corrected chi connectivity index (χ0v) is 12.8. The molecule has 0 aliphatic heterocycles. The Hall–Kier alpha value is -2.67. The summed E-state index contributed by atoms with van der Waals surface area (Å²) >= 11 is 0. The topological polar surface area (TPSA) is 106 Å². The van der Waals surface area contributed by atoms with E-state index in [1.807, 2.05) is 4.72 Å². The molecule has 0 aromatic heterocycles. The SMILES string of the molecule is C=C/C=C(\C=C/C)C(=O)NS(=O)(=O)c1ccc(C(N)=O)cc1. The fourth-order valence-electron chi connectivity index (χ4n) is 1.55. The maximum atomic E-state index is 12.1. The van der Waals surface area contributed by atoms with Crippen LogP contribution in [0.25, 0.3) is 0 Å². The lowest BCUT2D eigenvalue weighted by Crippen LogP contribution is -2.31. The van der Waals surface area contributed by atoms with Crippen LogP contribution < -0.4 is 10.5 Å². The maximum absolute atomic E-state index is 12.1. The van der Waals surface area contributed by atoms with Crippen LogP contribution in [0.5, 0.6) is 0 Å². The average molecular weight is 320 g/mol. The number of nitrogens with two attached hydrogens (primary N) is 1. The van der Waals surface area contributed by atoms with Crippen molar-refractivity contribution in [3.63, 3.8) is 0 Å². The van der Waals surface area contributed by atoms with Crippen molar-refractivity contribution < 1.29 is 18.0 Å². The van der Waals surface area contributed by atoms with Crippen LogP contribution in [0.3, 0.4) is 0 Å². The highest BCUT2D eigenvalue weighted by Crippen LogP contribution is 2.11. The van der Waals surface area contributed by atoms with Crippen molar-refractivity contribution in [2.24, 2.45) is 5.73 Å². The number of primary amides is 1. The molecule has 0 aliphatic carbocycles. The van der Waals surface area contributed by atoms with E-state index in [1.165, 1.54) is 42.5 Å². The summed E-state index contributed by atoms with van der Waals surface area (Å²) < 4.78 is 26.2. The summed E-state index contributed by atoms with van der Waals surface area (Å²) in [6.45, 7) is 5.16. The van der Waals surface area contributed by atoms with E-state index in [4.69, 9.17) is 5.73 Å². The summed E-state index contributed by atoms with van der Waals surface area (Å²) in [6.07, 6.45) is 5.83. The lowest BCUT2D eigenvalue weighted by molar-refractivity contribution is -0.115. The molecule has 0 heterocycles. The fraction of sp³-hybridized carbons (Fsp3) is 0.0667. The van der Waals surface area contributed by atoms with Gasteiger partial charge >= 0.3 is 0 Å². The largest absolute Gasteiger partial charge is 0.366 e. The van der Waals surface area contributed by atoms with Crippen molar-refractivity contribution >= 4 is 21.8 Å². The number of amides is 2. The molecule has 6 nitrogen and oxygen atoms in total. The molecule has 1 aromatic carbocycles. The molecule has 22 heavy (non-hydrogen) atoms. The molecule has 0 saturated heterocycles. The van der Waals surface area contributed by atoms with Gasteiger partial charge in [0.25, 0.3) is 15.9 Å². The minimum atomic E-state index is -4.04. The fourth-order valence-corrected chi connectivity index (χ4v) is 2.53. The van der Waals surface area contributed by atoms with E-state index < -0.39 is 21.8 Å². The normalized spacial score (nSPS) is 12.1. The molecule has 0 atom stereocenters. The molecular formula is C15H16N2O4S. The summed E-state index contributed by atoms with van der Waals surface area (Å²) in [7, 11) is -4.04. The number of rotatable bonds is 6. The van der Waals surface area contributed by atoms with Crippen LogP contribution in [0.4, 0.5) is 0 Å². The standard InChI is InChI=1S/C15H16N2O4S/c1-3-5-12(6-4-2)15(19)17-22(20,21)13-9-7-11(8-10-13)14(16)18/h3-10H,1H2,2H3,(H2,16,18)(H,17,19)/b6-4-,12-5+. The third kappa shape index (κ3) is 4.42. The first-order chi connectivity index (χ1) is 10.3. The maximum Gasteiger partial charge on any atom is 0.264 e. The van der Waals surface area contributed by atoms with Crippen LogP contribution in [0.1, 0.15) is 17.3 Å². The van der Waals surface area contributed by atoms with Crippen LogP contribution in [-0.2, 0) is 14.8 Å². The van der Waals surface area contributed by atoms with E-state index in [-0.39, 0.29) is 16.0 Å². The van der Waals surface area contributed by atoms with Crippen molar-refractivity contribution in [2.75, 3.05) is 0 Å². The third-order valence-corrected chi connectivity index (χ3v) is 3.93. The Bertz CT molecular complexity index is 744. The predicted molar refractivity (Wildman–Crippen MR) is 83.4 cm³/mol. The second-order valence-electron chi connectivity index (χ2n) is 4.18. The lowest BCUT2D eigenvalue weighted by Gasteiger charge is -2.07. The van der Waals surface area contributed by atoms with Crippen molar-refractivity contribution in [3.05, 3.63) is 66.3 Å². The van der Waals surface area contributed by atoms with Gasteiger partial charge in [0.2, 0.25) is 5.91 Å². The predicted octanol–water partition coefficient (Wildman–Crippen LogP) is 1.28. The number of sulfonamides is 1. The molecule has 7 heteroatoms. The summed E-state index contributed by atoms with van der Waals surface area (Å²) in [4.78, 5) is 22.8. The van der Waals surface area contributed by atoms with Gasteiger partial charge < -0.3 is 5.73 Å². The molecule has 0 radical (unpaired) electrons.